The summed E-state index contributed by atoms with van der Waals surface area (Å²) in [5, 5.41) is 4.05. The van der Waals surface area contributed by atoms with Crippen LogP contribution < -0.4 is 0 Å². The fourth-order valence-electron chi connectivity index (χ4n) is 1.05. The van der Waals surface area contributed by atoms with Crippen LogP contribution >= 0.6 is 0 Å². The fraction of sp³-hybridized carbons (Fsp3) is 0.500. The predicted molar refractivity (Wildman–Crippen MR) is 42.3 cm³/mol. The number of rotatable bonds is 3. The summed E-state index contributed by atoms with van der Waals surface area (Å²) in [6, 6.07) is 1.88. The van der Waals surface area contributed by atoms with E-state index in [0.717, 1.165) is 12.2 Å². The lowest BCUT2D eigenvalue weighted by Crippen LogP contribution is -2.06. The van der Waals surface area contributed by atoms with Gasteiger partial charge >= 0.3 is 0 Å². The summed E-state index contributed by atoms with van der Waals surface area (Å²) in [5.41, 5.74) is 1.00. The first-order chi connectivity index (χ1) is 5.24. The molecule has 3 nitrogen and oxygen atoms in total. The Kier molecular flexibility index (Phi) is 2.41. The van der Waals surface area contributed by atoms with Crippen LogP contribution in [0.25, 0.3) is 0 Å². The monoisotopic (exact) mass is 152 g/mol. The molecule has 0 saturated heterocycles. The highest BCUT2D eigenvalue weighted by Gasteiger charge is 2.02. The van der Waals surface area contributed by atoms with Gasteiger partial charge in [-0.15, -0.1) is 0 Å². The van der Waals surface area contributed by atoms with Crippen LogP contribution in [0.1, 0.15) is 19.5 Å². The molecule has 3 heteroatoms. The first-order valence-corrected chi connectivity index (χ1v) is 3.74. The van der Waals surface area contributed by atoms with E-state index < -0.39 is 0 Å². The second-order valence-electron chi connectivity index (χ2n) is 2.52. The van der Waals surface area contributed by atoms with E-state index in [1.54, 1.807) is 13.1 Å². The molecule has 11 heavy (non-hydrogen) atoms. The van der Waals surface area contributed by atoms with Crippen LogP contribution in [0.15, 0.2) is 12.3 Å². The van der Waals surface area contributed by atoms with E-state index in [2.05, 4.69) is 5.10 Å². The van der Waals surface area contributed by atoms with E-state index in [1.807, 2.05) is 17.7 Å². The van der Waals surface area contributed by atoms with Gasteiger partial charge < -0.3 is 0 Å². The molecule has 1 heterocycles. The van der Waals surface area contributed by atoms with Crippen molar-refractivity contribution in [2.45, 2.75) is 26.8 Å². The standard InChI is InChI=1S/C8H12N2O/c1-3-10-8(4-5-9-10)6-7(2)11/h4-5H,3,6H2,1-2H3. The number of hydrogen-bond donors (Lipinski definition) is 0. The van der Waals surface area contributed by atoms with Gasteiger partial charge in [-0.2, -0.15) is 5.10 Å². The SMILES string of the molecule is CCn1nccc1CC(C)=O. The summed E-state index contributed by atoms with van der Waals surface area (Å²) in [6.45, 7) is 4.43. The molecule has 0 atom stereocenters. The number of Topliss-reactive ketones (excluding diaryl/α,β-unsaturated/α-hetero) is 1. The highest BCUT2D eigenvalue weighted by atomic mass is 16.1. The van der Waals surface area contributed by atoms with E-state index >= 15 is 0 Å². The average Bonchev–Trinajstić information content (AvgIpc) is 2.34. The maximum Gasteiger partial charge on any atom is 0.135 e. The molecule has 1 rings (SSSR count). The van der Waals surface area contributed by atoms with Crippen LogP contribution in [-0.4, -0.2) is 15.6 Å². The molecule has 0 aliphatic carbocycles. The van der Waals surface area contributed by atoms with Gasteiger partial charge in [-0.25, -0.2) is 0 Å². The van der Waals surface area contributed by atoms with Crippen LogP contribution in [0.4, 0.5) is 0 Å². The molecule has 0 spiro atoms. The van der Waals surface area contributed by atoms with Gasteiger partial charge in [-0.3, -0.25) is 9.48 Å². The van der Waals surface area contributed by atoms with Gasteiger partial charge in [0.1, 0.15) is 5.78 Å². The summed E-state index contributed by atoms with van der Waals surface area (Å²) in [6.07, 6.45) is 2.22. The summed E-state index contributed by atoms with van der Waals surface area (Å²) >= 11 is 0. The van der Waals surface area contributed by atoms with Crippen molar-refractivity contribution in [2.24, 2.45) is 0 Å². The minimum atomic E-state index is 0.181. The molecule has 0 N–H and O–H groups in total. The molecular weight excluding hydrogens is 140 g/mol. The van der Waals surface area contributed by atoms with Crippen molar-refractivity contribution in [3.8, 4) is 0 Å². The Labute approximate surface area is 66.0 Å². The van der Waals surface area contributed by atoms with Crippen LogP contribution in [-0.2, 0) is 17.8 Å². The van der Waals surface area contributed by atoms with Gasteiger partial charge in [-0.1, -0.05) is 0 Å². The molecule has 0 saturated carbocycles. The van der Waals surface area contributed by atoms with E-state index in [1.165, 1.54) is 0 Å². The molecule has 0 aliphatic heterocycles. The smallest absolute Gasteiger partial charge is 0.135 e. The fourth-order valence-corrected chi connectivity index (χ4v) is 1.05. The maximum atomic E-state index is 10.7. The lowest BCUT2D eigenvalue weighted by molar-refractivity contribution is -0.116. The van der Waals surface area contributed by atoms with Crippen LogP contribution in [0.2, 0.25) is 0 Å². The van der Waals surface area contributed by atoms with Crippen molar-refractivity contribution in [1.29, 1.82) is 0 Å². The third kappa shape index (κ3) is 1.90. The molecule has 0 unspecified atom stereocenters. The molecule has 0 fully saturated rings. The van der Waals surface area contributed by atoms with Gasteiger partial charge in [0.15, 0.2) is 0 Å². The predicted octanol–water partition coefficient (Wildman–Crippen LogP) is 1.03. The zero-order valence-electron chi connectivity index (χ0n) is 6.87. The summed E-state index contributed by atoms with van der Waals surface area (Å²) in [7, 11) is 0. The summed E-state index contributed by atoms with van der Waals surface area (Å²) in [4.78, 5) is 10.7. The number of hydrogen-bond acceptors (Lipinski definition) is 2. The topological polar surface area (TPSA) is 34.9 Å². The second kappa shape index (κ2) is 3.32. The largest absolute Gasteiger partial charge is 0.300 e. The van der Waals surface area contributed by atoms with E-state index in [-0.39, 0.29) is 5.78 Å². The minimum absolute atomic E-state index is 0.181. The number of carbonyl (C=O) groups is 1. The average molecular weight is 152 g/mol. The number of carbonyl (C=O) groups excluding carboxylic acids is 1. The molecule has 60 valence electrons. The Morgan fingerprint density at radius 2 is 2.45 bits per heavy atom. The number of aromatic nitrogens is 2. The van der Waals surface area contributed by atoms with Gasteiger partial charge in [-0.05, 0) is 19.9 Å². The van der Waals surface area contributed by atoms with Gasteiger partial charge in [0.25, 0.3) is 0 Å². The molecule has 1 aromatic heterocycles. The van der Waals surface area contributed by atoms with Gasteiger partial charge in [0.2, 0.25) is 0 Å². The van der Waals surface area contributed by atoms with Crippen LogP contribution in [0, 0.1) is 0 Å². The lowest BCUT2D eigenvalue weighted by atomic mass is 10.2. The van der Waals surface area contributed by atoms with Gasteiger partial charge in [0, 0.05) is 24.9 Å². The summed E-state index contributed by atoms with van der Waals surface area (Å²) in [5.74, 6) is 0.181. The van der Waals surface area contributed by atoms with Crippen LogP contribution in [0.5, 0.6) is 0 Å². The number of aryl methyl sites for hydroxylation is 1. The molecule has 0 amide bonds. The lowest BCUT2D eigenvalue weighted by Gasteiger charge is -2.00. The maximum absolute atomic E-state index is 10.7. The van der Waals surface area contributed by atoms with Crippen molar-refractivity contribution < 1.29 is 4.79 Å². The van der Waals surface area contributed by atoms with Gasteiger partial charge in [0.05, 0.1) is 0 Å². The Balaban J connectivity index is 2.76. The van der Waals surface area contributed by atoms with Crippen molar-refractivity contribution in [3.05, 3.63) is 18.0 Å². The Morgan fingerprint density at radius 1 is 1.73 bits per heavy atom. The number of nitrogens with zero attached hydrogens (tertiary/aromatic N) is 2. The zero-order valence-corrected chi connectivity index (χ0v) is 6.87. The first-order valence-electron chi connectivity index (χ1n) is 3.74. The Hall–Kier alpha value is -1.12. The van der Waals surface area contributed by atoms with Crippen molar-refractivity contribution >= 4 is 5.78 Å². The van der Waals surface area contributed by atoms with E-state index in [0.29, 0.717) is 6.42 Å². The second-order valence-corrected chi connectivity index (χ2v) is 2.52. The highest BCUT2D eigenvalue weighted by Crippen LogP contribution is 1.99. The summed E-state index contributed by atoms with van der Waals surface area (Å²) < 4.78 is 1.83. The molecule has 0 bridgehead atoms. The van der Waals surface area contributed by atoms with E-state index in [9.17, 15) is 4.79 Å². The molecule has 0 aromatic carbocycles. The third-order valence-corrected chi connectivity index (χ3v) is 1.53. The Morgan fingerprint density at radius 3 is 3.00 bits per heavy atom. The molecule has 0 radical (unpaired) electrons. The van der Waals surface area contributed by atoms with Crippen molar-refractivity contribution in [2.75, 3.05) is 0 Å². The molecular formula is C8H12N2O. The third-order valence-electron chi connectivity index (χ3n) is 1.53. The first kappa shape index (κ1) is 7.98. The Bertz CT molecular complexity index is 252. The normalized spacial score (nSPS) is 10.0. The van der Waals surface area contributed by atoms with Crippen molar-refractivity contribution in [1.82, 2.24) is 9.78 Å². The quantitative estimate of drug-likeness (QED) is 0.648. The molecule has 1 aromatic rings. The minimum Gasteiger partial charge on any atom is -0.300 e. The molecule has 0 aliphatic rings. The highest BCUT2D eigenvalue weighted by molar-refractivity contribution is 5.77. The zero-order chi connectivity index (χ0) is 8.27. The van der Waals surface area contributed by atoms with Crippen molar-refractivity contribution in [3.63, 3.8) is 0 Å². The number of ketones is 1. The van der Waals surface area contributed by atoms with Crippen LogP contribution in [0.3, 0.4) is 0 Å². The van der Waals surface area contributed by atoms with E-state index in [4.69, 9.17) is 0 Å².